The normalized spacial score (nSPS) is 20.6. The summed E-state index contributed by atoms with van der Waals surface area (Å²) in [5, 5.41) is 6.29. The number of ether oxygens (including phenoxy) is 1. The van der Waals surface area contributed by atoms with Crippen molar-refractivity contribution < 1.29 is 9.53 Å². The van der Waals surface area contributed by atoms with E-state index in [9.17, 15) is 4.79 Å². The van der Waals surface area contributed by atoms with E-state index >= 15 is 0 Å². The molecule has 1 aromatic rings. The van der Waals surface area contributed by atoms with Gasteiger partial charge in [-0.1, -0.05) is 22.0 Å². The van der Waals surface area contributed by atoms with Gasteiger partial charge in [-0.25, -0.2) is 0 Å². The van der Waals surface area contributed by atoms with Crippen molar-refractivity contribution in [1.29, 1.82) is 0 Å². The van der Waals surface area contributed by atoms with Gasteiger partial charge in [-0.15, -0.1) is 0 Å². The fourth-order valence-electron chi connectivity index (χ4n) is 2.09. The Bertz CT molecular complexity index is 433. The Labute approximate surface area is 122 Å². The lowest BCUT2D eigenvalue weighted by Crippen LogP contribution is -2.49. The number of hydrogen-bond donors (Lipinski definition) is 2. The van der Waals surface area contributed by atoms with Crippen LogP contribution in [0.2, 0.25) is 0 Å². The van der Waals surface area contributed by atoms with Crippen molar-refractivity contribution in [2.75, 3.05) is 13.1 Å². The number of piperidine rings is 1. The molecular formula is C14H19BrN2O2. The van der Waals surface area contributed by atoms with Gasteiger partial charge in [0.2, 0.25) is 0 Å². The van der Waals surface area contributed by atoms with Crippen LogP contribution in [0, 0.1) is 0 Å². The fraction of sp³-hybridized carbons (Fsp3) is 0.500. The number of benzene rings is 1. The average molecular weight is 327 g/mol. The van der Waals surface area contributed by atoms with E-state index in [1.165, 1.54) is 0 Å². The van der Waals surface area contributed by atoms with Gasteiger partial charge in [-0.05, 0) is 44.5 Å². The summed E-state index contributed by atoms with van der Waals surface area (Å²) in [6.07, 6.45) is 1.64. The lowest BCUT2D eigenvalue weighted by molar-refractivity contribution is -0.128. The molecular weight excluding hydrogens is 308 g/mol. The SMILES string of the molecule is CC(Oc1cccc(Br)c1)C(=O)NC1CCCNC1. The van der Waals surface area contributed by atoms with Crippen LogP contribution in [0.4, 0.5) is 0 Å². The minimum atomic E-state index is -0.490. The number of nitrogens with one attached hydrogen (secondary N) is 2. The maximum absolute atomic E-state index is 12.0. The van der Waals surface area contributed by atoms with Crippen LogP contribution in [0.5, 0.6) is 5.75 Å². The van der Waals surface area contributed by atoms with E-state index in [4.69, 9.17) is 4.74 Å². The summed E-state index contributed by atoms with van der Waals surface area (Å²) >= 11 is 3.38. The molecule has 5 heteroatoms. The van der Waals surface area contributed by atoms with E-state index < -0.39 is 6.10 Å². The van der Waals surface area contributed by atoms with Gasteiger partial charge in [-0.2, -0.15) is 0 Å². The van der Waals surface area contributed by atoms with Crippen molar-refractivity contribution in [1.82, 2.24) is 10.6 Å². The molecule has 1 aromatic carbocycles. The van der Waals surface area contributed by atoms with Gasteiger partial charge >= 0.3 is 0 Å². The van der Waals surface area contributed by atoms with Crippen molar-refractivity contribution >= 4 is 21.8 Å². The molecule has 0 saturated carbocycles. The molecule has 0 aliphatic carbocycles. The Morgan fingerprint density at radius 3 is 3.11 bits per heavy atom. The van der Waals surface area contributed by atoms with Crippen molar-refractivity contribution in [2.45, 2.75) is 31.9 Å². The first kappa shape index (κ1) is 14.3. The topological polar surface area (TPSA) is 50.4 Å². The zero-order valence-corrected chi connectivity index (χ0v) is 12.6. The van der Waals surface area contributed by atoms with Crippen LogP contribution in [0.25, 0.3) is 0 Å². The van der Waals surface area contributed by atoms with Gasteiger partial charge in [0.25, 0.3) is 5.91 Å². The largest absolute Gasteiger partial charge is 0.481 e. The van der Waals surface area contributed by atoms with Gasteiger partial charge in [0.15, 0.2) is 6.10 Å². The molecule has 1 saturated heterocycles. The molecule has 2 atom stereocenters. The Kier molecular flexibility index (Phi) is 5.22. The monoisotopic (exact) mass is 326 g/mol. The summed E-state index contributed by atoms with van der Waals surface area (Å²) in [7, 11) is 0. The molecule has 1 aliphatic heterocycles. The van der Waals surface area contributed by atoms with Crippen LogP contribution in [-0.4, -0.2) is 31.1 Å². The van der Waals surface area contributed by atoms with E-state index in [1.807, 2.05) is 24.3 Å². The summed E-state index contributed by atoms with van der Waals surface area (Å²) in [6, 6.07) is 7.72. The van der Waals surface area contributed by atoms with E-state index in [-0.39, 0.29) is 11.9 Å². The first-order chi connectivity index (χ1) is 9.15. The number of amides is 1. The molecule has 0 radical (unpaired) electrons. The van der Waals surface area contributed by atoms with Gasteiger partial charge in [0.05, 0.1) is 0 Å². The molecule has 2 N–H and O–H groups in total. The molecule has 1 fully saturated rings. The van der Waals surface area contributed by atoms with Gasteiger partial charge in [0, 0.05) is 17.1 Å². The minimum absolute atomic E-state index is 0.0614. The Balaban J connectivity index is 1.84. The quantitative estimate of drug-likeness (QED) is 0.890. The minimum Gasteiger partial charge on any atom is -0.481 e. The number of rotatable bonds is 4. The molecule has 1 amide bonds. The number of carbonyl (C=O) groups is 1. The van der Waals surface area contributed by atoms with Crippen LogP contribution in [0.1, 0.15) is 19.8 Å². The number of halogens is 1. The molecule has 1 heterocycles. The molecule has 0 spiro atoms. The third-order valence-corrected chi connectivity index (χ3v) is 3.61. The zero-order chi connectivity index (χ0) is 13.7. The van der Waals surface area contributed by atoms with Gasteiger partial charge in [-0.3, -0.25) is 4.79 Å². The van der Waals surface area contributed by atoms with E-state index in [2.05, 4.69) is 26.6 Å². The van der Waals surface area contributed by atoms with Crippen molar-refractivity contribution in [3.8, 4) is 5.75 Å². The summed E-state index contributed by atoms with van der Waals surface area (Å²) < 4.78 is 6.58. The third-order valence-electron chi connectivity index (χ3n) is 3.12. The lowest BCUT2D eigenvalue weighted by Gasteiger charge is -2.25. The first-order valence-corrected chi connectivity index (χ1v) is 7.38. The van der Waals surface area contributed by atoms with Crippen LogP contribution < -0.4 is 15.4 Å². The highest BCUT2D eigenvalue weighted by atomic mass is 79.9. The standard InChI is InChI=1S/C14H19BrN2O2/c1-10(19-13-6-2-4-11(15)8-13)14(18)17-12-5-3-7-16-9-12/h2,4,6,8,10,12,16H,3,5,7,9H2,1H3,(H,17,18). The van der Waals surface area contributed by atoms with Crippen molar-refractivity contribution in [3.63, 3.8) is 0 Å². The van der Waals surface area contributed by atoms with Crippen LogP contribution in [0.15, 0.2) is 28.7 Å². The lowest BCUT2D eigenvalue weighted by atomic mass is 10.1. The van der Waals surface area contributed by atoms with E-state index in [0.717, 1.165) is 30.4 Å². The second kappa shape index (κ2) is 6.91. The highest BCUT2D eigenvalue weighted by molar-refractivity contribution is 9.10. The van der Waals surface area contributed by atoms with Crippen LogP contribution >= 0.6 is 15.9 Å². The Hall–Kier alpha value is -1.07. The highest BCUT2D eigenvalue weighted by Crippen LogP contribution is 2.19. The predicted octanol–water partition coefficient (Wildman–Crippen LogP) is 2.08. The smallest absolute Gasteiger partial charge is 0.261 e. The predicted molar refractivity (Wildman–Crippen MR) is 78.3 cm³/mol. The number of carbonyl (C=O) groups excluding carboxylic acids is 1. The molecule has 0 bridgehead atoms. The highest BCUT2D eigenvalue weighted by Gasteiger charge is 2.20. The number of hydrogen-bond acceptors (Lipinski definition) is 3. The molecule has 2 rings (SSSR count). The summed E-state index contributed by atoms with van der Waals surface area (Å²) in [5.74, 6) is 0.632. The van der Waals surface area contributed by atoms with Crippen molar-refractivity contribution in [2.24, 2.45) is 0 Å². The van der Waals surface area contributed by atoms with Crippen LogP contribution in [0.3, 0.4) is 0 Å². The summed E-state index contributed by atoms with van der Waals surface area (Å²) in [4.78, 5) is 12.0. The average Bonchev–Trinajstić information content (AvgIpc) is 2.40. The second-order valence-electron chi connectivity index (χ2n) is 4.77. The Morgan fingerprint density at radius 2 is 2.42 bits per heavy atom. The summed E-state index contributed by atoms with van der Waals surface area (Å²) in [5.41, 5.74) is 0. The first-order valence-electron chi connectivity index (χ1n) is 6.58. The molecule has 0 aromatic heterocycles. The Morgan fingerprint density at radius 1 is 1.58 bits per heavy atom. The fourth-order valence-corrected chi connectivity index (χ4v) is 2.47. The zero-order valence-electron chi connectivity index (χ0n) is 11.0. The molecule has 104 valence electrons. The molecule has 1 aliphatic rings. The second-order valence-corrected chi connectivity index (χ2v) is 5.68. The van der Waals surface area contributed by atoms with E-state index in [1.54, 1.807) is 6.92 Å². The maximum atomic E-state index is 12.0. The van der Waals surface area contributed by atoms with Crippen LogP contribution in [-0.2, 0) is 4.79 Å². The van der Waals surface area contributed by atoms with E-state index in [0.29, 0.717) is 5.75 Å². The third kappa shape index (κ3) is 4.51. The molecule has 2 unspecified atom stereocenters. The maximum Gasteiger partial charge on any atom is 0.261 e. The van der Waals surface area contributed by atoms with Gasteiger partial charge < -0.3 is 15.4 Å². The molecule has 19 heavy (non-hydrogen) atoms. The van der Waals surface area contributed by atoms with Gasteiger partial charge in [0.1, 0.15) is 5.75 Å². The van der Waals surface area contributed by atoms with Crippen molar-refractivity contribution in [3.05, 3.63) is 28.7 Å². The molecule has 4 nitrogen and oxygen atoms in total. The summed E-state index contributed by atoms with van der Waals surface area (Å²) in [6.45, 7) is 3.65.